The van der Waals surface area contributed by atoms with Crippen LogP contribution >= 0.6 is 0 Å². The number of nitrogens with one attached hydrogen (secondary N) is 2. The first-order valence-electron chi connectivity index (χ1n) is 5.49. The van der Waals surface area contributed by atoms with Gasteiger partial charge in [0.2, 0.25) is 5.91 Å². The Morgan fingerprint density at radius 3 is 2.53 bits per heavy atom. The summed E-state index contributed by atoms with van der Waals surface area (Å²) in [5, 5.41) is 22.6. The van der Waals surface area contributed by atoms with E-state index in [2.05, 4.69) is 10.6 Å². The van der Waals surface area contributed by atoms with Gasteiger partial charge in [-0.15, -0.1) is 0 Å². The molecule has 1 rings (SSSR count). The van der Waals surface area contributed by atoms with Gasteiger partial charge in [0, 0.05) is 6.42 Å². The Hall–Kier alpha value is -1.63. The molecule has 0 bridgehead atoms. The third-order valence-corrected chi connectivity index (χ3v) is 2.64. The number of aliphatic carboxylic acids is 2. The molecular weight excluding hydrogens is 228 g/mol. The lowest BCUT2D eigenvalue weighted by Crippen LogP contribution is -2.48. The molecule has 7 nitrogen and oxygen atoms in total. The lowest BCUT2D eigenvalue weighted by Gasteiger charge is -2.16. The van der Waals surface area contributed by atoms with Gasteiger partial charge in [0.05, 0.1) is 6.04 Å². The van der Waals surface area contributed by atoms with Gasteiger partial charge in [-0.2, -0.15) is 0 Å². The van der Waals surface area contributed by atoms with Crippen LogP contribution in [-0.4, -0.2) is 46.7 Å². The van der Waals surface area contributed by atoms with Gasteiger partial charge in [-0.05, 0) is 25.8 Å². The van der Waals surface area contributed by atoms with E-state index in [1.807, 2.05) is 0 Å². The minimum atomic E-state index is -1.21. The van der Waals surface area contributed by atoms with Gasteiger partial charge >= 0.3 is 11.9 Å². The first-order chi connectivity index (χ1) is 8.00. The molecule has 0 aromatic heterocycles. The molecule has 2 atom stereocenters. The number of carboxylic acids is 2. The molecule has 7 heteroatoms. The van der Waals surface area contributed by atoms with Crippen LogP contribution in [0, 0.1) is 0 Å². The largest absolute Gasteiger partial charge is 0.481 e. The van der Waals surface area contributed by atoms with Crippen molar-refractivity contribution < 1.29 is 24.6 Å². The number of carboxylic acid groups (broad SMARTS) is 2. The van der Waals surface area contributed by atoms with E-state index in [0.717, 1.165) is 13.0 Å². The zero-order valence-corrected chi connectivity index (χ0v) is 9.31. The van der Waals surface area contributed by atoms with Gasteiger partial charge < -0.3 is 20.8 Å². The van der Waals surface area contributed by atoms with Crippen molar-refractivity contribution in [1.82, 2.24) is 10.6 Å². The van der Waals surface area contributed by atoms with E-state index in [-0.39, 0.29) is 24.8 Å². The van der Waals surface area contributed by atoms with E-state index < -0.39 is 18.0 Å². The molecule has 0 saturated carbocycles. The molecule has 0 spiro atoms. The lowest BCUT2D eigenvalue weighted by atomic mass is 10.1. The second kappa shape index (κ2) is 6.19. The first-order valence-corrected chi connectivity index (χ1v) is 5.49. The number of hydrogen-bond donors (Lipinski definition) is 4. The quantitative estimate of drug-likeness (QED) is 0.485. The third kappa shape index (κ3) is 4.39. The van der Waals surface area contributed by atoms with Crippen LogP contribution in [0.25, 0.3) is 0 Å². The minimum Gasteiger partial charge on any atom is -0.481 e. The van der Waals surface area contributed by atoms with Crippen molar-refractivity contribution in [3.05, 3.63) is 0 Å². The van der Waals surface area contributed by atoms with Crippen LogP contribution in [0.2, 0.25) is 0 Å². The highest BCUT2D eigenvalue weighted by molar-refractivity contribution is 5.87. The molecule has 1 saturated heterocycles. The van der Waals surface area contributed by atoms with Crippen LogP contribution in [-0.2, 0) is 14.4 Å². The van der Waals surface area contributed by atoms with Gasteiger partial charge in [0.1, 0.15) is 6.04 Å². The summed E-state index contributed by atoms with van der Waals surface area (Å²) in [6, 6.07) is -1.50. The first kappa shape index (κ1) is 13.4. The zero-order valence-electron chi connectivity index (χ0n) is 9.31. The summed E-state index contributed by atoms with van der Waals surface area (Å²) in [6.45, 7) is 0.741. The Labute approximate surface area is 98.2 Å². The fourth-order valence-corrected chi connectivity index (χ4v) is 1.71. The van der Waals surface area contributed by atoms with E-state index in [9.17, 15) is 14.4 Å². The average molecular weight is 244 g/mol. The predicted octanol–water partition coefficient (Wildman–Crippen LogP) is -0.827. The standard InChI is InChI=1S/C10H16N2O5/c13-8(14)4-3-7(10(16)17)12-9(15)6-2-1-5-11-6/h6-7,11H,1-5H2,(H,12,15)(H,13,14)(H,16,17). The van der Waals surface area contributed by atoms with Crippen molar-refractivity contribution in [3.8, 4) is 0 Å². The molecule has 96 valence electrons. The summed E-state index contributed by atoms with van der Waals surface area (Å²) in [7, 11) is 0. The van der Waals surface area contributed by atoms with Crippen LogP contribution in [0.15, 0.2) is 0 Å². The fraction of sp³-hybridized carbons (Fsp3) is 0.700. The Kier molecular flexibility index (Phi) is 4.89. The maximum absolute atomic E-state index is 11.6. The summed E-state index contributed by atoms with van der Waals surface area (Å²) in [5.74, 6) is -2.66. The maximum atomic E-state index is 11.6. The smallest absolute Gasteiger partial charge is 0.326 e. The van der Waals surface area contributed by atoms with Crippen LogP contribution in [0.5, 0.6) is 0 Å². The molecule has 1 amide bonds. The molecule has 0 radical (unpaired) electrons. The van der Waals surface area contributed by atoms with E-state index in [0.29, 0.717) is 6.42 Å². The topological polar surface area (TPSA) is 116 Å². The Bertz CT molecular complexity index is 312. The highest BCUT2D eigenvalue weighted by Gasteiger charge is 2.27. The third-order valence-electron chi connectivity index (χ3n) is 2.64. The number of hydrogen-bond acceptors (Lipinski definition) is 4. The molecule has 0 aromatic rings. The van der Waals surface area contributed by atoms with Gasteiger partial charge in [-0.3, -0.25) is 9.59 Å². The molecule has 17 heavy (non-hydrogen) atoms. The second-order valence-corrected chi connectivity index (χ2v) is 3.98. The SMILES string of the molecule is O=C(O)CCC(NC(=O)C1CCCN1)C(=O)O. The van der Waals surface area contributed by atoms with Crippen molar-refractivity contribution in [3.63, 3.8) is 0 Å². The molecule has 1 heterocycles. The van der Waals surface area contributed by atoms with Crippen LogP contribution in [0.1, 0.15) is 25.7 Å². The van der Waals surface area contributed by atoms with E-state index in [1.165, 1.54) is 0 Å². The number of rotatable bonds is 6. The lowest BCUT2D eigenvalue weighted by molar-refractivity contribution is -0.143. The molecule has 4 N–H and O–H groups in total. The van der Waals surface area contributed by atoms with Gasteiger partial charge in [0.25, 0.3) is 0 Å². The second-order valence-electron chi connectivity index (χ2n) is 3.98. The highest BCUT2D eigenvalue weighted by atomic mass is 16.4. The van der Waals surface area contributed by atoms with Crippen LogP contribution in [0.3, 0.4) is 0 Å². The summed E-state index contributed by atoms with van der Waals surface area (Å²) < 4.78 is 0. The normalized spacial score (nSPS) is 20.8. The summed E-state index contributed by atoms with van der Waals surface area (Å²) in [4.78, 5) is 32.8. The molecule has 1 fully saturated rings. The monoisotopic (exact) mass is 244 g/mol. The Morgan fingerprint density at radius 2 is 2.06 bits per heavy atom. The van der Waals surface area contributed by atoms with Crippen LogP contribution < -0.4 is 10.6 Å². The number of amides is 1. The summed E-state index contributed by atoms with van der Waals surface area (Å²) in [5.41, 5.74) is 0. The van der Waals surface area contributed by atoms with Gasteiger partial charge in [-0.1, -0.05) is 0 Å². The summed E-state index contributed by atoms with van der Waals surface area (Å²) in [6.07, 6.45) is 1.17. The molecule has 0 aliphatic carbocycles. The Morgan fingerprint density at radius 1 is 1.35 bits per heavy atom. The maximum Gasteiger partial charge on any atom is 0.326 e. The van der Waals surface area contributed by atoms with E-state index in [4.69, 9.17) is 10.2 Å². The average Bonchev–Trinajstić information content (AvgIpc) is 2.76. The molecule has 1 aliphatic rings. The number of carbonyl (C=O) groups excluding carboxylic acids is 1. The highest BCUT2D eigenvalue weighted by Crippen LogP contribution is 2.06. The minimum absolute atomic E-state index is 0.108. The van der Waals surface area contributed by atoms with E-state index >= 15 is 0 Å². The van der Waals surface area contributed by atoms with Crippen molar-refractivity contribution in [2.75, 3.05) is 6.54 Å². The number of carbonyl (C=O) groups is 3. The molecule has 2 unspecified atom stereocenters. The Balaban J connectivity index is 2.44. The van der Waals surface area contributed by atoms with Crippen molar-refractivity contribution in [2.24, 2.45) is 0 Å². The zero-order chi connectivity index (χ0) is 12.8. The fourth-order valence-electron chi connectivity index (χ4n) is 1.71. The molecular formula is C10H16N2O5. The van der Waals surface area contributed by atoms with Crippen molar-refractivity contribution in [1.29, 1.82) is 0 Å². The van der Waals surface area contributed by atoms with Gasteiger partial charge in [0.15, 0.2) is 0 Å². The van der Waals surface area contributed by atoms with Crippen LogP contribution in [0.4, 0.5) is 0 Å². The molecule has 0 aromatic carbocycles. The predicted molar refractivity (Wildman–Crippen MR) is 57.5 cm³/mol. The molecule has 1 aliphatic heterocycles. The van der Waals surface area contributed by atoms with Crippen molar-refractivity contribution in [2.45, 2.75) is 37.8 Å². The van der Waals surface area contributed by atoms with Crippen molar-refractivity contribution >= 4 is 17.8 Å². The summed E-state index contributed by atoms with van der Waals surface area (Å²) >= 11 is 0. The van der Waals surface area contributed by atoms with E-state index in [1.54, 1.807) is 0 Å². The van der Waals surface area contributed by atoms with Gasteiger partial charge in [-0.25, -0.2) is 4.79 Å².